The van der Waals surface area contributed by atoms with E-state index in [0.29, 0.717) is 0 Å². The maximum absolute atomic E-state index is 6.88. The first kappa shape index (κ1) is 29.7. The van der Waals surface area contributed by atoms with Crippen LogP contribution in [0.4, 0.5) is 0 Å². The first-order valence-corrected chi connectivity index (χ1v) is 18.3. The highest BCUT2D eigenvalue weighted by molar-refractivity contribution is 6.29. The molecule has 0 atom stereocenters. The minimum atomic E-state index is 0.914. The van der Waals surface area contributed by atoms with Crippen LogP contribution in [0.2, 0.25) is 0 Å². The average Bonchev–Trinajstić information content (AvgIpc) is 3.63. The molecule has 0 spiro atoms. The highest BCUT2D eigenvalue weighted by Crippen LogP contribution is 2.51. The summed E-state index contributed by atoms with van der Waals surface area (Å²) in [5, 5.41) is 11.9. The maximum atomic E-state index is 6.88. The zero-order valence-corrected chi connectivity index (χ0v) is 28.9. The second-order valence-corrected chi connectivity index (χ2v) is 13.9. The highest BCUT2D eigenvalue weighted by atomic mass is 16.3. The van der Waals surface area contributed by atoms with Gasteiger partial charge in [-0.05, 0) is 94.3 Å². The van der Waals surface area contributed by atoms with Gasteiger partial charge < -0.3 is 4.42 Å². The molecule has 53 heavy (non-hydrogen) atoms. The number of furan rings is 1. The first-order chi connectivity index (χ1) is 26.3. The van der Waals surface area contributed by atoms with Crippen LogP contribution in [-0.2, 0) is 0 Å². The van der Waals surface area contributed by atoms with Crippen molar-refractivity contribution in [3.05, 3.63) is 194 Å². The maximum Gasteiger partial charge on any atom is 0.143 e. The third kappa shape index (κ3) is 4.51. The summed E-state index contributed by atoms with van der Waals surface area (Å²) in [4.78, 5) is 0. The summed E-state index contributed by atoms with van der Waals surface area (Å²) in [6.45, 7) is 0. The summed E-state index contributed by atoms with van der Waals surface area (Å²) in [6.07, 6.45) is 0. The normalized spacial score (nSPS) is 11.8. The third-order valence-electron chi connectivity index (χ3n) is 11.1. The van der Waals surface area contributed by atoms with Crippen molar-refractivity contribution in [2.24, 2.45) is 0 Å². The fraction of sp³-hybridized carbons (Fsp3) is 0. The van der Waals surface area contributed by atoms with Gasteiger partial charge in [-0.15, -0.1) is 0 Å². The lowest BCUT2D eigenvalue weighted by atomic mass is 9.80. The first-order valence-electron chi connectivity index (χ1n) is 18.3. The Balaban J connectivity index is 1.29. The molecule has 1 heterocycles. The largest absolute Gasteiger partial charge is 0.455 e. The minimum Gasteiger partial charge on any atom is -0.455 e. The lowest BCUT2D eigenvalue weighted by Crippen LogP contribution is -1.95. The topological polar surface area (TPSA) is 13.1 Å². The van der Waals surface area contributed by atoms with E-state index in [9.17, 15) is 0 Å². The molecule has 1 aromatic heterocycles. The molecule has 1 heteroatoms. The van der Waals surface area contributed by atoms with Gasteiger partial charge >= 0.3 is 0 Å². The molecule has 11 aromatic rings. The summed E-state index contributed by atoms with van der Waals surface area (Å²) in [5.41, 5.74) is 11.6. The SMILES string of the molecule is c1ccc(-c2cccc(-c3ccccc3)c2-c2c3ccccc3c(-c3cccc4ccc5c(oc6ccc7ccccc7c65)c34)c3ccccc23)cc1. The van der Waals surface area contributed by atoms with Crippen molar-refractivity contribution >= 4 is 65.0 Å². The molecule has 0 N–H and O–H groups in total. The Bertz CT molecular complexity index is 3090. The Morgan fingerprint density at radius 1 is 0.264 bits per heavy atom. The minimum absolute atomic E-state index is 0.914. The van der Waals surface area contributed by atoms with E-state index < -0.39 is 0 Å². The molecule has 1 nitrogen and oxygen atoms in total. The van der Waals surface area contributed by atoms with E-state index in [1.807, 2.05) is 0 Å². The Hall–Kier alpha value is -6.96. The van der Waals surface area contributed by atoms with Crippen LogP contribution in [0.25, 0.3) is 110 Å². The van der Waals surface area contributed by atoms with E-state index in [1.54, 1.807) is 0 Å². The molecule has 0 aliphatic carbocycles. The van der Waals surface area contributed by atoms with Crippen LogP contribution < -0.4 is 0 Å². The zero-order chi connectivity index (χ0) is 34.9. The standard InChI is InChI=1S/C52H32O/c1-3-15-33(16-4-1)38-26-14-27-39(34-17-5-2-6-18-34)50(38)51-42-24-11-9-22-40(42)48(41-23-10-12-25-43(41)51)44-28-13-20-36-29-31-45-49-37-21-8-7-19-35(37)30-32-46(49)53-52(45)47(36)44/h1-32H. The fourth-order valence-corrected chi connectivity index (χ4v) is 8.81. The molecule has 0 amide bonds. The van der Waals surface area contributed by atoms with E-state index in [2.05, 4.69) is 194 Å². The fourth-order valence-electron chi connectivity index (χ4n) is 8.81. The van der Waals surface area contributed by atoms with Gasteiger partial charge in [-0.1, -0.05) is 182 Å². The van der Waals surface area contributed by atoms with E-state index in [4.69, 9.17) is 4.42 Å². The van der Waals surface area contributed by atoms with Crippen molar-refractivity contribution in [2.75, 3.05) is 0 Å². The van der Waals surface area contributed by atoms with Crippen LogP contribution in [0, 0.1) is 0 Å². The molecule has 0 saturated carbocycles. The summed E-state index contributed by atoms with van der Waals surface area (Å²) in [5.74, 6) is 0. The van der Waals surface area contributed by atoms with Gasteiger partial charge in [-0.25, -0.2) is 0 Å². The van der Waals surface area contributed by atoms with E-state index >= 15 is 0 Å². The predicted molar refractivity (Wildman–Crippen MR) is 225 cm³/mol. The summed E-state index contributed by atoms with van der Waals surface area (Å²) >= 11 is 0. The molecule has 10 aromatic carbocycles. The van der Waals surface area contributed by atoms with Gasteiger partial charge in [0, 0.05) is 16.2 Å². The van der Waals surface area contributed by atoms with Crippen molar-refractivity contribution in [1.29, 1.82) is 0 Å². The predicted octanol–water partition coefficient (Wildman–Crippen LogP) is 14.9. The molecule has 0 radical (unpaired) electrons. The van der Waals surface area contributed by atoms with Crippen molar-refractivity contribution < 1.29 is 4.42 Å². The van der Waals surface area contributed by atoms with Gasteiger partial charge in [0.2, 0.25) is 0 Å². The molecule has 0 bridgehead atoms. The van der Waals surface area contributed by atoms with Crippen LogP contribution in [0.5, 0.6) is 0 Å². The van der Waals surface area contributed by atoms with Crippen molar-refractivity contribution in [1.82, 2.24) is 0 Å². The van der Waals surface area contributed by atoms with Crippen molar-refractivity contribution in [3.8, 4) is 44.5 Å². The van der Waals surface area contributed by atoms with E-state index in [1.165, 1.54) is 82.2 Å². The quantitative estimate of drug-likeness (QED) is 0.170. The summed E-state index contributed by atoms with van der Waals surface area (Å²) in [7, 11) is 0. The molecule has 0 aliphatic heterocycles. The number of hydrogen-bond acceptors (Lipinski definition) is 1. The Labute approximate surface area is 307 Å². The van der Waals surface area contributed by atoms with Crippen LogP contribution in [0.1, 0.15) is 0 Å². The number of rotatable bonds is 4. The van der Waals surface area contributed by atoms with Gasteiger partial charge in [0.25, 0.3) is 0 Å². The lowest BCUT2D eigenvalue weighted by molar-refractivity contribution is 0.673. The molecular formula is C52H32O. The van der Waals surface area contributed by atoms with Gasteiger partial charge in [-0.2, -0.15) is 0 Å². The Morgan fingerprint density at radius 3 is 1.40 bits per heavy atom. The number of hydrogen-bond donors (Lipinski definition) is 0. The van der Waals surface area contributed by atoms with Gasteiger partial charge in [0.1, 0.15) is 11.2 Å². The second kappa shape index (κ2) is 11.8. The van der Waals surface area contributed by atoms with Crippen LogP contribution in [0.15, 0.2) is 199 Å². The molecule has 0 unspecified atom stereocenters. The monoisotopic (exact) mass is 672 g/mol. The third-order valence-corrected chi connectivity index (χ3v) is 11.1. The molecule has 0 fully saturated rings. The molecule has 0 saturated heterocycles. The molecule has 0 aliphatic rings. The average molecular weight is 673 g/mol. The number of benzene rings is 10. The van der Waals surface area contributed by atoms with E-state index in [-0.39, 0.29) is 0 Å². The van der Waals surface area contributed by atoms with Gasteiger partial charge in [0.05, 0.1) is 0 Å². The Kier molecular flexibility index (Phi) is 6.62. The molecule has 246 valence electrons. The highest BCUT2D eigenvalue weighted by Gasteiger charge is 2.24. The van der Waals surface area contributed by atoms with E-state index in [0.717, 1.165) is 27.3 Å². The second-order valence-electron chi connectivity index (χ2n) is 13.9. The van der Waals surface area contributed by atoms with Crippen molar-refractivity contribution in [2.45, 2.75) is 0 Å². The van der Waals surface area contributed by atoms with Gasteiger partial charge in [0.15, 0.2) is 0 Å². The lowest BCUT2D eigenvalue weighted by Gasteiger charge is -2.22. The van der Waals surface area contributed by atoms with Crippen LogP contribution >= 0.6 is 0 Å². The van der Waals surface area contributed by atoms with Crippen LogP contribution in [-0.4, -0.2) is 0 Å². The van der Waals surface area contributed by atoms with Crippen molar-refractivity contribution in [3.63, 3.8) is 0 Å². The number of fused-ring (bicyclic) bond motifs is 9. The smallest absolute Gasteiger partial charge is 0.143 e. The molecule has 11 rings (SSSR count). The zero-order valence-electron chi connectivity index (χ0n) is 28.9. The summed E-state index contributed by atoms with van der Waals surface area (Å²) < 4.78 is 6.88. The summed E-state index contributed by atoms with van der Waals surface area (Å²) in [6, 6.07) is 70.4. The van der Waals surface area contributed by atoms with Gasteiger partial charge in [-0.3, -0.25) is 0 Å². The Morgan fingerprint density at radius 2 is 0.755 bits per heavy atom. The molecular weight excluding hydrogens is 641 g/mol. The van der Waals surface area contributed by atoms with Crippen LogP contribution in [0.3, 0.4) is 0 Å².